The maximum absolute atomic E-state index is 5.77. The summed E-state index contributed by atoms with van der Waals surface area (Å²) in [5.74, 6) is 0.929. The average molecular weight is 278 g/mol. The molecule has 1 heterocycles. The van der Waals surface area contributed by atoms with Gasteiger partial charge in [-0.05, 0) is 18.2 Å². The second kappa shape index (κ2) is 7.23. The fourth-order valence-electron chi connectivity index (χ4n) is 2.08. The third-order valence-corrected chi connectivity index (χ3v) is 3.15. The summed E-state index contributed by atoms with van der Waals surface area (Å²) < 4.78 is 10.3. The number of hydrogen-bond acceptors (Lipinski definition) is 5. The van der Waals surface area contributed by atoms with Gasteiger partial charge in [-0.25, -0.2) is 4.98 Å². The van der Waals surface area contributed by atoms with Gasteiger partial charge in [0.2, 0.25) is 0 Å². The van der Waals surface area contributed by atoms with Crippen molar-refractivity contribution in [1.82, 2.24) is 14.9 Å². The lowest BCUT2D eigenvalue weighted by atomic mass is 10.3. The zero-order valence-electron chi connectivity index (χ0n) is 12.1. The highest BCUT2D eigenvalue weighted by Gasteiger charge is 2.09. The van der Waals surface area contributed by atoms with Crippen molar-refractivity contribution >= 4 is 16.7 Å². The normalized spacial score (nSPS) is 11.6. The fraction of sp³-hybridized carbons (Fsp3) is 0.500. The Kier molecular flexibility index (Phi) is 5.34. The predicted molar refractivity (Wildman–Crippen MR) is 79.5 cm³/mol. The molecule has 2 aromatic rings. The number of aromatic nitrogens is 2. The molecule has 0 aliphatic rings. The van der Waals surface area contributed by atoms with Gasteiger partial charge in [0.15, 0.2) is 0 Å². The molecule has 0 spiro atoms. The van der Waals surface area contributed by atoms with Gasteiger partial charge >= 0.3 is 0 Å². The topological polar surface area (TPSA) is 76.4 Å². The van der Waals surface area contributed by atoms with Crippen LogP contribution in [0.5, 0.6) is 0 Å². The number of anilines is 1. The molecule has 1 aromatic heterocycles. The number of fused-ring (bicyclic) bond motifs is 1. The number of nitrogens with two attached hydrogens (primary N) is 1. The van der Waals surface area contributed by atoms with Crippen molar-refractivity contribution in [1.29, 1.82) is 0 Å². The number of H-pyrrole nitrogens is 1. The maximum atomic E-state index is 5.77. The summed E-state index contributed by atoms with van der Waals surface area (Å²) in [6.07, 6.45) is 0. The summed E-state index contributed by atoms with van der Waals surface area (Å²) in [4.78, 5) is 10.1. The van der Waals surface area contributed by atoms with Crippen molar-refractivity contribution in [3.05, 3.63) is 24.0 Å². The molecule has 0 atom stereocenters. The molecular weight excluding hydrogens is 256 g/mol. The van der Waals surface area contributed by atoms with Gasteiger partial charge < -0.3 is 20.2 Å². The molecule has 3 N–H and O–H groups in total. The zero-order valence-corrected chi connectivity index (χ0v) is 12.1. The van der Waals surface area contributed by atoms with E-state index in [4.69, 9.17) is 15.2 Å². The van der Waals surface area contributed by atoms with Gasteiger partial charge in [0.05, 0.1) is 30.8 Å². The minimum atomic E-state index is 0.691. The molecule has 0 radical (unpaired) electrons. The number of aromatic amines is 1. The van der Waals surface area contributed by atoms with E-state index in [0.717, 1.165) is 42.2 Å². The number of imidazole rings is 1. The van der Waals surface area contributed by atoms with E-state index < -0.39 is 0 Å². The standard InChI is InChI=1S/C14H22N4O2/c1-19-7-5-18(6-8-20-2)10-14-16-12-4-3-11(15)9-13(12)17-14/h3-4,9H,5-8,10,15H2,1-2H3,(H,16,17). The largest absolute Gasteiger partial charge is 0.399 e. The van der Waals surface area contributed by atoms with Gasteiger partial charge in [0.1, 0.15) is 5.82 Å². The van der Waals surface area contributed by atoms with Crippen LogP contribution in [0.3, 0.4) is 0 Å². The van der Waals surface area contributed by atoms with Gasteiger partial charge in [-0.3, -0.25) is 4.90 Å². The lowest BCUT2D eigenvalue weighted by molar-refractivity contribution is 0.109. The van der Waals surface area contributed by atoms with Crippen LogP contribution in [0.2, 0.25) is 0 Å². The summed E-state index contributed by atoms with van der Waals surface area (Å²) in [6, 6.07) is 5.69. The molecule has 0 saturated carbocycles. The number of benzene rings is 1. The van der Waals surface area contributed by atoms with Gasteiger partial charge in [-0.1, -0.05) is 0 Å². The predicted octanol–water partition coefficient (Wildman–Crippen LogP) is 1.24. The first kappa shape index (κ1) is 14.8. The number of methoxy groups -OCH3 is 2. The molecule has 110 valence electrons. The molecule has 6 heteroatoms. The summed E-state index contributed by atoms with van der Waals surface area (Å²) in [5, 5.41) is 0. The Morgan fingerprint density at radius 3 is 2.55 bits per heavy atom. The Balaban J connectivity index is 2.06. The number of nitrogens with zero attached hydrogens (tertiary/aromatic N) is 2. The van der Waals surface area contributed by atoms with Crippen molar-refractivity contribution in [3.8, 4) is 0 Å². The van der Waals surface area contributed by atoms with Crippen LogP contribution in [0.15, 0.2) is 18.2 Å². The van der Waals surface area contributed by atoms with Crippen LogP contribution in [0.25, 0.3) is 11.0 Å². The second-order valence-electron chi connectivity index (χ2n) is 4.72. The molecule has 0 amide bonds. The minimum absolute atomic E-state index is 0.691. The van der Waals surface area contributed by atoms with E-state index in [1.165, 1.54) is 0 Å². The average Bonchev–Trinajstić information content (AvgIpc) is 2.83. The molecule has 0 saturated heterocycles. The Bertz CT molecular complexity index is 533. The Morgan fingerprint density at radius 1 is 1.20 bits per heavy atom. The van der Waals surface area contributed by atoms with E-state index in [2.05, 4.69) is 14.9 Å². The molecule has 0 aliphatic carbocycles. The highest BCUT2D eigenvalue weighted by molar-refractivity contribution is 5.78. The number of nitrogen functional groups attached to an aromatic ring is 1. The molecule has 0 unspecified atom stereocenters. The van der Waals surface area contributed by atoms with Crippen LogP contribution in [0.1, 0.15) is 5.82 Å². The van der Waals surface area contributed by atoms with Crippen molar-refractivity contribution in [2.45, 2.75) is 6.54 Å². The lowest BCUT2D eigenvalue weighted by Gasteiger charge is -2.20. The van der Waals surface area contributed by atoms with E-state index >= 15 is 0 Å². The first-order valence-corrected chi connectivity index (χ1v) is 6.67. The summed E-state index contributed by atoms with van der Waals surface area (Å²) in [6.45, 7) is 3.81. The van der Waals surface area contributed by atoms with Crippen molar-refractivity contribution in [2.24, 2.45) is 0 Å². The Morgan fingerprint density at radius 2 is 1.90 bits per heavy atom. The van der Waals surface area contributed by atoms with Gasteiger partial charge in [-0.15, -0.1) is 0 Å². The van der Waals surface area contributed by atoms with Crippen LogP contribution in [-0.2, 0) is 16.0 Å². The highest BCUT2D eigenvalue weighted by atomic mass is 16.5. The van der Waals surface area contributed by atoms with E-state index in [9.17, 15) is 0 Å². The van der Waals surface area contributed by atoms with E-state index in [-0.39, 0.29) is 0 Å². The third kappa shape index (κ3) is 3.93. The molecule has 2 rings (SSSR count). The molecule has 0 fully saturated rings. The van der Waals surface area contributed by atoms with Crippen molar-refractivity contribution in [2.75, 3.05) is 46.3 Å². The molecule has 0 aliphatic heterocycles. The molecule has 0 bridgehead atoms. The molecule has 6 nitrogen and oxygen atoms in total. The lowest BCUT2D eigenvalue weighted by Crippen LogP contribution is -2.30. The number of hydrogen-bond donors (Lipinski definition) is 2. The van der Waals surface area contributed by atoms with E-state index in [1.54, 1.807) is 14.2 Å². The fourth-order valence-corrected chi connectivity index (χ4v) is 2.08. The van der Waals surface area contributed by atoms with Crippen molar-refractivity contribution in [3.63, 3.8) is 0 Å². The van der Waals surface area contributed by atoms with Crippen LogP contribution in [-0.4, -0.2) is 55.4 Å². The molecule has 1 aromatic carbocycles. The highest BCUT2D eigenvalue weighted by Crippen LogP contribution is 2.15. The third-order valence-electron chi connectivity index (χ3n) is 3.15. The van der Waals surface area contributed by atoms with Crippen LogP contribution < -0.4 is 5.73 Å². The van der Waals surface area contributed by atoms with Crippen LogP contribution >= 0.6 is 0 Å². The van der Waals surface area contributed by atoms with Crippen molar-refractivity contribution < 1.29 is 9.47 Å². The minimum Gasteiger partial charge on any atom is -0.399 e. The maximum Gasteiger partial charge on any atom is 0.121 e. The van der Waals surface area contributed by atoms with Gasteiger partial charge in [-0.2, -0.15) is 0 Å². The van der Waals surface area contributed by atoms with E-state index in [0.29, 0.717) is 13.2 Å². The SMILES string of the molecule is COCCN(CCOC)Cc1nc2ccc(N)cc2[nH]1. The quantitative estimate of drug-likeness (QED) is 0.710. The number of ether oxygens (including phenoxy) is 2. The smallest absolute Gasteiger partial charge is 0.121 e. The Hall–Kier alpha value is -1.63. The first-order chi connectivity index (χ1) is 9.72. The molecular formula is C14H22N4O2. The zero-order chi connectivity index (χ0) is 14.4. The summed E-state index contributed by atoms with van der Waals surface area (Å²) in [5.41, 5.74) is 8.42. The summed E-state index contributed by atoms with van der Waals surface area (Å²) in [7, 11) is 3.41. The Labute approximate surface area is 118 Å². The second-order valence-corrected chi connectivity index (χ2v) is 4.72. The number of rotatable bonds is 8. The summed E-state index contributed by atoms with van der Waals surface area (Å²) >= 11 is 0. The van der Waals surface area contributed by atoms with Gasteiger partial charge in [0, 0.05) is 33.0 Å². The molecule has 20 heavy (non-hydrogen) atoms. The van der Waals surface area contributed by atoms with Gasteiger partial charge in [0.25, 0.3) is 0 Å². The first-order valence-electron chi connectivity index (χ1n) is 6.67. The monoisotopic (exact) mass is 278 g/mol. The van der Waals surface area contributed by atoms with Crippen LogP contribution in [0.4, 0.5) is 5.69 Å². The van der Waals surface area contributed by atoms with E-state index in [1.807, 2.05) is 18.2 Å². The number of nitrogens with one attached hydrogen (secondary N) is 1. The van der Waals surface area contributed by atoms with Crippen LogP contribution in [0, 0.1) is 0 Å².